The molecule has 0 aliphatic heterocycles. The molecule has 0 bridgehead atoms. The maximum atomic E-state index is 6.12. The highest BCUT2D eigenvalue weighted by Gasteiger charge is 2.25. The second kappa shape index (κ2) is 8.46. The van der Waals surface area contributed by atoms with Gasteiger partial charge in [0.15, 0.2) is 0 Å². The van der Waals surface area contributed by atoms with E-state index in [4.69, 9.17) is 9.40 Å². The molecule has 0 saturated heterocycles. The van der Waals surface area contributed by atoms with E-state index in [1.54, 1.807) is 0 Å². The van der Waals surface area contributed by atoms with Gasteiger partial charge in [0.05, 0.1) is 22.3 Å². The first-order chi connectivity index (χ1) is 18.5. The molecule has 0 N–H and O–H groups in total. The van der Waals surface area contributed by atoms with Crippen LogP contribution in [0.4, 0.5) is 0 Å². The third kappa shape index (κ3) is 3.62. The van der Waals surface area contributed by atoms with E-state index in [0.717, 1.165) is 39.1 Å². The van der Waals surface area contributed by atoms with E-state index >= 15 is 0 Å². The molecule has 2 heterocycles. The summed E-state index contributed by atoms with van der Waals surface area (Å²) in [6.07, 6.45) is 1.86. The zero-order valence-corrected chi connectivity index (χ0v) is 21.8. The molecular weight excluding hydrogens is 464 g/mol. The Hall–Kier alpha value is -4.63. The van der Waals surface area contributed by atoms with Crippen molar-refractivity contribution >= 4 is 32.8 Å². The molecule has 3 heteroatoms. The number of aromatic nitrogens is 2. The summed E-state index contributed by atoms with van der Waals surface area (Å²) in [5.41, 5.74) is 8.65. The molecule has 0 aliphatic carbocycles. The van der Waals surface area contributed by atoms with Crippen LogP contribution in [0.3, 0.4) is 0 Å². The number of para-hydroxylation sites is 2. The summed E-state index contributed by atoms with van der Waals surface area (Å²) in [5.74, 6) is 0.887. The van der Waals surface area contributed by atoms with Gasteiger partial charge in [0.1, 0.15) is 17.7 Å². The molecule has 3 nitrogen and oxygen atoms in total. The third-order valence-corrected chi connectivity index (χ3v) is 7.40. The van der Waals surface area contributed by atoms with Gasteiger partial charge in [-0.25, -0.2) is 4.98 Å². The molecule has 0 aliphatic rings. The fourth-order valence-corrected chi connectivity index (χ4v) is 5.48. The number of imidazole rings is 1. The molecule has 0 atom stereocenters. The van der Waals surface area contributed by atoms with Crippen LogP contribution in [0.1, 0.15) is 26.3 Å². The smallest absolute Gasteiger partial charge is 0.149 e. The fraction of sp³-hybridized carbons (Fsp3) is 0.114. The van der Waals surface area contributed by atoms with Crippen LogP contribution >= 0.6 is 0 Å². The van der Waals surface area contributed by atoms with Crippen molar-refractivity contribution in [1.29, 1.82) is 0 Å². The van der Waals surface area contributed by atoms with Gasteiger partial charge in [-0.3, -0.25) is 4.57 Å². The molecule has 184 valence electrons. The van der Waals surface area contributed by atoms with Crippen LogP contribution in [0.2, 0.25) is 0 Å². The Bertz CT molecular complexity index is 1950. The Labute approximate surface area is 222 Å². The molecule has 38 heavy (non-hydrogen) atoms. The zero-order valence-electron chi connectivity index (χ0n) is 21.8. The van der Waals surface area contributed by atoms with Crippen LogP contribution in [0.5, 0.6) is 0 Å². The van der Waals surface area contributed by atoms with Gasteiger partial charge in [-0.15, -0.1) is 0 Å². The van der Waals surface area contributed by atoms with Crippen LogP contribution in [-0.4, -0.2) is 9.55 Å². The first-order valence-corrected chi connectivity index (χ1v) is 13.1. The van der Waals surface area contributed by atoms with Crippen molar-refractivity contribution in [3.8, 4) is 28.2 Å². The van der Waals surface area contributed by atoms with Crippen molar-refractivity contribution in [3.63, 3.8) is 0 Å². The molecule has 0 spiro atoms. The molecule has 2 aromatic heterocycles. The van der Waals surface area contributed by atoms with Gasteiger partial charge >= 0.3 is 0 Å². The summed E-state index contributed by atoms with van der Waals surface area (Å²) in [7, 11) is 0. The summed E-state index contributed by atoms with van der Waals surface area (Å²) in [4.78, 5) is 5.17. The fourth-order valence-electron chi connectivity index (χ4n) is 5.48. The van der Waals surface area contributed by atoms with E-state index in [1.165, 1.54) is 27.5 Å². The van der Waals surface area contributed by atoms with Crippen LogP contribution < -0.4 is 0 Å². The van der Waals surface area contributed by atoms with E-state index in [1.807, 2.05) is 12.3 Å². The predicted molar refractivity (Wildman–Crippen MR) is 158 cm³/mol. The maximum absolute atomic E-state index is 6.12. The molecule has 7 aromatic rings. The highest BCUT2D eigenvalue weighted by Crippen LogP contribution is 2.40. The molecule has 0 amide bonds. The lowest BCUT2D eigenvalue weighted by Gasteiger charge is -2.25. The predicted octanol–water partition coefficient (Wildman–Crippen LogP) is 9.56. The van der Waals surface area contributed by atoms with E-state index in [9.17, 15) is 0 Å². The molecule has 0 fully saturated rings. The summed E-state index contributed by atoms with van der Waals surface area (Å²) in [5, 5.41) is 3.42. The van der Waals surface area contributed by atoms with Crippen LogP contribution in [0.15, 0.2) is 120 Å². The molecule has 7 rings (SSSR count). The molecule has 0 unspecified atom stereocenters. The van der Waals surface area contributed by atoms with Crippen molar-refractivity contribution in [3.05, 3.63) is 121 Å². The zero-order chi connectivity index (χ0) is 25.9. The molecule has 0 saturated carbocycles. The van der Waals surface area contributed by atoms with Gasteiger partial charge in [-0.1, -0.05) is 93.6 Å². The van der Waals surface area contributed by atoms with Crippen LogP contribution in [-0.2, 0) is 5.41 Å². The SMILES string of the molecule is CC(C)(C)c1cc(-c2ccccc2)ccc1-n1c(-c2coc3cc4ccccc4cc23)nc2ccccc21. The lowest BCUT2D eigenvalue weighted by atomic mass is 9.84. The number of fused-ring (bicyclic) bond motifs is 3. The highest BCUT2D eigenvalue weighted by atomic mass is 16.3. The van der Waals surface area contributed by atoms with Crippen molar-refractivity contribution in [2.75, 3.05) is 0 Å². The second-order valence-corrected chi connectivity index (χ2v) is 11.0. The Morgan fingerprint density at radius 2 is 1.39 bits per heavy atom. The topological polar surface area (TPSA) is 31.0 Å². The van der Waals surface area contributed by atoms with E-state index < -0.39 is 0 Å². The first kappa shape index (κ1) is 22.6. The first-order valence-electron chi connectivity index (χ1n) is 13.1. The minimum Gasteiger partial charge on any atom is -0.464 e. The Kier molecular flexibility index (Phi) is 5.02. The Morgan fingerprint density at radius 1 is 0.684 bits per heavy atom. The monoisotopic (exact) mass is 492 g/mol. The van der Waals surface area contributed by atoms with Crippen LogP contribution in [0.25, 0.3) is 61.0 Å². The largest absolute Gasteiger partial charge is 0.464 e. The standard InChI is InChI=1S/C35H28N2O/c1-35(2,3)29-20-26(23-11-5-4-6-12-23)17-18-31(29)37-32-16-10-9-15-30(32)36-34(37)28-22-38-33-21-25-14-8-7-13-24(25)19-27(28)33/h4-22H,1-3H3. The quantitative estimate of drug-likeness (QED) is 0.246. The van der Waals surface area contributed by atoms with Gasteiger partial charge in [-0.05, 0) is 69.3 Å². The second-order valence-electron chi connectivity index (χ2n) is 11.0. The average molecular weight is 493 g/mol. The van der Waals surface area contributed by atoms with Gasteiger partial charge in [0.2, 0.25) is 0 Å². The average Bonchev–Trinajstić information content (AvgIpc) is 3.52. The van der Waals surface area contributed by atoms with Gasteiger partial charge < -0.3 is 4.42 Å². The summed E-state index contributed by atoms with van der Waals surface area (Å²) < 4.78 is 8.43. The summed E-state index contributed by atoms with van der Waals surface area (Å²) in [6.45, 7) is 6.83. The van der Waals surface area contributed by atoms with Crippen molar-refractivity contribution in [1.82, 2.24) is 9.55 Å². The Balaban J connectivity index is 1.52. The van der Waals surface area contributed by atoms with Crippen molar-refractivity contribution < 1.29 is 4.42 Å². The van der Waals surface area contributed by atoms with Crippen molar-refractivity contribution in [2.45, 2.75) is 26.2 Å². The number of rotatable bonds is 3. The van der Waals surface area contributed by atoms with Gasteiger partial charge in [0, 0.05) is 5.39 Å². The number of hydrogen-bond donors (Lipinski definition) is 0. The lowest BCUT2D eigenvalue weighted by molar-refractivity contribution is 0.587. The van der Waals surface area contributed by atoms with Gasteiger partial charge in [0.25, 0.3) is 0 Å². The number of furan rings is 1. The van der Waals surface area contributed by atoms with Crippen molar-refractivity contribution in [2.24, 2.45) is 0 Å². The third-order valence-electron chi connectivity index (χ3n) is 7.40. The maximum Gasteiger partial charge on any atom is 0.149 e. The van der Waals surface area contributed by atoms with E-state index in [0.29, 0.717) is 0 Å². The summed E-state index contributed by atoms with van der Waals surface area (Å²) in [6, 6.07) is 38.5. The lowest BCUT2D eigenvalue weighted by Crippen LogP contribution is -2.16. The minimum absolute atomic E-state index is 0.0859. The minimum atomic E-state index is -0.0859. The molecule has 5 aromatic carbocycles. The molecular formula is C35H28N2O. The number of hydrogen-bond acceptors (Lipinski definition) is 2. The molecule has 0 radical (unpaired) electrons. The normalized spacial score (nSPS) is 12.1. The highest BCUT2D eigenvalue weighted by molar-refractivity contribution is 6.03. The van der Waals surface area contributed by atoms with E-state index in [2.05, 4.69) is 128 Å². The van der Waals surface area contributed by atoms with Crippen LogP contribution in [0, 0.1) is 0 Å². The van der Waals surface area contributed by atoms with E-state index in [-0.39, 0.29) is 5.41 Å². The Morgan fingerprint density at radius 3 is 2.18 bits per heavy atom. The number of benzene rings is 5. The summed E-state index contributed by atoms with van der Waals surface area (Å²) >= 11 is 0. The van der Waals surface area contributed by atoms with Gasteiger partial charge in [-0.2, -0.15) is 0 Å². The number of nitrogens with zero attached hydrogens (tertiary/aromatic N) is 2.